The number of alkyl halides is 1. The maximum atomic E-state index is 12.7. The molecule has 0 aliphatic carbocycles. The van der Waals surface area contributed by atoms with Gasteiger partial charge in [0.25, 0.3) is 0 Å². The van der Waals surface area contributed by atoms with Gasteiger partial charge in [0.2, 0.25) is 5.91 Å². The predicted molar refractivity (Wildman–Crippen MR) is 97.5 cm³/mol. The molecular weight excluding hydrogens is 394 g/mol. The summed E-state index contributed by atoms with van der Waals surface area (Å²) in [6.07, 6.45) is 2.24. The first-order chi connectivity index (χ1) is 11.4. The van der Waals surface area contributed by atoms with E-state index in [1.807, 2.05) is 24.8 Å². The molecule has 0 radical (unpaired) electrons. The molecule has 1 spiro atoms. The normalized spacial score (nSPS) is 19.2. The minimum atomic E-state index is -0.484. The van der Waals surface area contributed by atoms with Gasteiger partial charge in [0.05, 0.1) is 12.0 Å². The molecule has 0 saturated carbocycles. The number of halogens is 2. The highest BCUT2D eigenvalue weighted by Gasteiger charge is 2.44. The Hall–Kier alpha value is -1.07. The van der Waals surface area contributed by atoms with Crippen LogP contribution in [0.2, 0.25) is 5.02 Å². The van der Waals surface area contributed by atoms with E-state index in [0.717, 1.165) is 11.1 Å². The molecule has 1 fully saturated rings. The first-order valence-corrected chi connectivity index (χ1v) is 9.72. The molecule has 2 heterocycles. The Morgan fingerprint density at radius 2 is 2.04 bits per heavy atom. The van der Waals surface area contributed by atoms with Gasteiger partial charge in [-0.15, -0.1) is 0 Å². The van der Waals surface area contributed by atoms with E-state index in [-0.39, 0.29) is 11.7 Å². The van der Waals surface area contributed by atoms with Gasteiger partial charge >= 0.3 is 0 Å². The van der Waals surface area contributed by atoms with E-state index in [9.17, 15) is 9.59 Å². The Morgan fingerprint density at radius 1 is 1.38 bits per heavy atom. The minimum absolute atomic E-state index is 0.0934. The molecular formula is C18H21BrClNO3. The summed E-state index contributed by atoms with van der Waals surface area (Å²) in [6, 6.07) is 1.87. The van der Waals surface area contributed by atoms with Gasteiger partial charge in [0.1, 0.15) is 11.4 Å². The van der Waals surface area contributed by atoms with Crippen molar-refractivity contribution in [3.8, 4) is 5.75 Å². The van der Waals surface area contributed by atoms with E-state index in [2.05, 4.69) is 15.9 Å². The van der Waals surface area contributed by atoms with Crippen molar-refractivity contribution in [3.63, 3.8) is 0 Å². The number of aryl methyl sites for hydroxylation is 1. The van der Waals surface area contributed by atoms with Gasteiger partial charge in [0.15, 0.2) is 5.78 Å². The lowest BCUT2D eigenvalue weighted by atomic mass is 9.81. The second kappa shape index (κ2) is 6.68. The molecule has 0 atom stereocenters. The predicted octanol–water partition coefficient (Wildman–Crippen LogP) is 4.07. The van der Waals surface area contributed by atoms with Crippen LogP contribution in [0.3, 0.4) is 0 Å². The number of benzene rings is 1. The van der Waals surface area contributed by atoms with Crippen LogP contribution in [0.25, 0.3) is 0 Å². The molecule has 0 bridgehead atoms. The molecule has 1 aromatic carbocycles. The molecule has 6 heteroatoms. The van der Waals surface area contributed by atoms with Crippen molar-refractivity contribution < 1.29 is 14.3 Å². The van der Waals surface area contributed by atoms with Crippen LogP contribution in [0.5, 0.6) is 5.75 Å². The summed E-state index contributed by atoms with van der Waals surface area (Å²) < 4.78 is 6.31. The van der Waals surface area contributed by atoms with Crippen molar-refractivity contribution >= 4 is 39.2 Å². The molecule has 130 valence electrons. The Morgan fingerprint density at radius 3 is 2.67 bits per heavy atom. The number of nitrogens with zero attached hydrogens (tertiary/aromatic N) is 1. The van der Waals surface area contributed by atoms with Crippen LogP contribution < -0.4 is 4.74 Å². The van der Waals surface area contributed by atoms with Crippen molar-refractivity contribution in [1.29, 1.82) is 0 Å². The second-order valence-corrected chi connectivity index (χ2v) is 7.88. The quantitative estimate of drug-likeness (QED) is 0.685. The lowest BCUT2D eigenvalue weighted by Gasteiger charge is -2.44. The zero-order valence-corrected chi connectivity index (χ0v) is 16.3. The molecule has 1 amide bonds. The maximum Gasteiger partial charge on any atom is 0.223 e. The Bertz CT molecular complexity index is 696. The average Bonchev–Trinajstić information content (AvgIpc) is 2.53. The van der Waals surface area contributed by atoms with Crippen LogP contribution in [0, 0.1) is 13.8 Å². The highest BCUT2D eigenvalue weighted by molar-refractivity contribution is 9.09. The highest BCUT2D eigenvalue weighted by atomic mass is 79.9. The van der Waals surface area contributed by atoms with Gasteiger partial charge in [0, 0.05) is 42.7 Å². The summed E-state index contributed by atoms with van der Waals surface area (Å²) in [5.74, 6) is 0.893. The number of hydrogen-bond acceptors (Lipinski definition) is 3. The lowest BCUT2D eigenvalue weighted by Crippen LogP contribution is -2.52. The number of carbonyl (C=O) groups is 2. The van der Waals surface area contributed by atoms with Crippen LogP contribution >= 0.6 is 27.5 Å². The standard InChI is InChI=1S/C18H21BrClNO3/c1-11-9-14-16(12(2)17(11)20)13(22)10-18(24-14)4-7-21(8-5-18)15(23)3-6-19/h9H,3-8,10H2,1-2H3. The van der Waals surface area contributed by atoms with Crippen molar-refractivity contribution in [2.24, 2.45) is 0 Å². The fourth-order valence-electron chi connectivity index (χ4n) is 3.68. The van der Waals surface area contributed by atoms with Crippen molar-refractivity contribution in [1.82, 2.24) is 4.90 Å². The first-order valence-electron chi connectivity index (χ1n) is 8.22. The zero-order valence-electron chi connectivity index (χ0n) is 14.0. The molecule has 0 N–H and O–H groups in total. The number of fused-ring (bicyclic) bond motifs is 1. The zero-order chi connectivity index (χ0) is 17.5. The largest absolute Gasteiger partial charge is 0.486 e. The highest BCUT2D eigenvalue weighted by Crippen LogP contribution is 2.43. The number of piperidine rings is 1. The van der Waals surface area contributed by atoms with Crippen molar-refractivity contribution in [2.45, 2.75) is 45.1 Å². The van der Waals surface area contributed by atoms with E-state index < -0.39 is 5.60 Å². The van der Waals surface area contributed by atoms with Gasteiger partial charge in [-0.2, -0.15) is 0 Å². The molecule has 24 heavy (non-hydrogen) atoms. The molecule has 2 aliphatic heterocycles. The number of rotatable bonds is 2. The summed E-state index contributed by atoms with van der Waals surface area (Å²) in [5.41, 5.74) is 1.86. The fourth-order valence-corrected chi connectivity index (χ4v) is 4.17. The number of carbonyl (C=O) groups excluding carboxylic acids is 2. The van der Waals surface area contributed by atoms with Crippen LogP contribution in [-0.2, 0) is 4.79 Å². The van der Waals surface area contributed by atoms with E-state index in [4.69, 9.17) is 16.3 Å². The monoisotopic (exact) mass is 413 g/mol. The Labute approximate surface area is 155 Å². The third-order valence-corrected chi connectivity index (χ3v) is 6.05. The topological polar surface area (TPSA) is 46.6 Å². The summed E-state index contributed by atoms with van der Waals surface area (Å²) in [7, 11) is 0. The van der Waals surface area contributed by atoms with Crippen molar-refractivity contribution in [2.75, 3.05) is 18.4 Å². The lowest BCUT2D eigenvalue weighted by molar-refractivity contribution is -0.134. The molecule has 1 saturated heterocycles. The van der Waals surface area contributed by atoms with E-state index in [0.29, 0.717) is 60.4 Å². The van der Waals surface area contributed by atoms with Gasteiger partial charge in [-0.25, -0.2) is 0 Å². The second-order valence-electron chi connectivity index (χ2n) is 6.71. The fraction of sp³-hybridized carbons (Fsp3) is 0.556. The average molecular weight is 415 g/mol. The number of ether oxygens (including phenoxy) is 1. The third-order valence-electron chi connectivity index (χ3n) is 5.07. The maximum absolute atomic E-state index is 12.7. The van der Waals surface area contributed by atoms with E-state index in [1.54, 1.807) is 0 Å². The summed E-state index contributed by atoms with van der Waals surface area (Å²) in [4.78, 5) is 26.6. The number of Topliss-reactive ketones (excluding diaryl/α,β-unsaturated/α-hetero) is 1. The van der Waals surface area contributed by atoms with Gasteiger partial charge in [-0.3, -0.25) is 9.59 Å². The third kappa shape index (κ3) is 3.08. The SMILES string of the molecule is Cc1cc2c(c(C)c1Cl)C(=O)CC1(CCN(C(=O)CCBr)CC1)O2. The van der Waals surface area contributed by atoms with Crippen LogP contribution in [0.15, 0.2) is 6.07 Å². The van der Waals surface area contributed by atoms with E-state index >= 15 is 0 Å². The molecule has 1 aromatic rings. The number of likely N-dealkylation sites (tertiary alicyclic amines) is 1. The molecule has 4 nitrogen and oxygen atoms in total. The summed E-state index contributed by atoms with van der Waals surface area (Å²) in [6.45, 7) is 5.07. The molecule has 0 unspecified atom stereocenters. The molecule has 2 aliphatic rings. The number of hydrogen-bond donors (Lipinski definition) is 0. The van der Waals surface area contributed by atoms with Crippen LogP contribution in [0.1, 0.15) is 47.2 Å². The minimum Gasteiger partial charge on any atom is -0.486 e. The summed E-state index contributed by atoms with van der Waals surface area (Å²) >= 11 is 9.59. The van der Waals surface area contributed by atoms with Gasteiger partial charge in [-0.1, -0.05) is 27.5 Å². The number of amides is 1. The first kappa shape index (κ1) is 17.7. The van der Waals surface area contributed by atoms with Gasteiger partial charge < -0.3 is 9.64 Å². The smallest absolute Gasteiger partial charge is 0.223 e. The van der Waals surface area contributed by atoms with E-state index in [1.165, 1.54) is 0 Å². The molecule has 3 rings (SSSR count). The summed E-state index contributed by atoms with van der Waals surface area (Å²) in [5, 5.41) is 1.31. The van der Waals surface area contributed by atoms with Crippen LogP contribution in [0.4, 0.5) is 0 Å². The van der Waals surface area contributed by atoms with Gasteiger partial charge in [-0.05, 0) is 31.0 Å². The Kier molecular flexibility index (Phi) is 4.94. The van der Waals surface area contributed by atoms with Crippen LogP contribution in [-0.4, -0.2) is 40.6 Å². The Balaban J connectivity index is 1.82. The van der Waals surface area contributed by atoms with Crippen molar-refractivity contribution in [3.05, 3.63) is 27.8 Å². The number of ketones is 1. The molecule has 0 aromatic heterocycles.